The van der Waals surface area contributed by atoms with Gasteiger partial charge in [-0.2, -0.15) is 0 Å². The van der Waals surface area contributed by atoms with Gasteiger partial charge in [0.2, 0.25) is 0 Å². The van der Waals surface area contributed by atoms with Gasteiger partial charge >= 0.3 is 0 Å². The monoisotopic (exact) mass is 278 g/mol. The van der Waals surface area contributed by atoms with Gasteiger partial charge in [0.25, 0.3) is 0 Å². The Balaban J connectivity index is 2.58. The second-order valence-electron chi connectivity index (χ2n) is 2.48. The quantitative estimate of drug-likeness (QED) is 0.654. The van der Waals surface area contributed by atoms with Crippen molar-refractivity contribution in [3.05, 3.63) is 28.4 Å². The molecular weight excluding hydrogens is 267 g/mol. The van der Waals surface area contributed by atoms with Crippen LogP contribution in [0.25, 0.3) is 0 Å². The molecule has 0 saturated heterocycles. The number of aliphatic hydroxyl groups excluding tert-OH is 1. The Morgan fingerprint density at radius 1 is 1.83 bits per heavy atom. The molecule has 1 aromatic rings. The minimum Gasteiger partial charge on any atom is -0.387 e. The normalized spacial score (nSPS) is 12.8. The molecule has 4 heteroatoms. The number of imidazole rings is 1. The Kier molecular flexibility index (Phi) is 3.74. The van der Waals surface area contributed by atoms with Crippen molar-refractivity contribution in [2.45, 2.75) is 18.9 Å². The summed E-state index contributed by atoms with van der Waals surface area (Å²) in [5, 5.41) is 9.59. The Morgan fingerprint density at radius 3 is 3.08 bits per heavy atom. The van der Waals surface area contributed by atoms with Crippen molar-refractivity contribution in [3.63, 3.8) is 0 Å². The standard InChI is InChI=1S/C8H11IN2O/c1-2-3-4-6(12)7-8(9)11-5-10-7/h2,5-6,12H,1,3-4H2,(H,10,11). The molecule has 0 fully saturated rings. The van der Waals surface area contributed by atoms with Crippen LogP contribution in [0.2, 0.25) is 0 Å². The van der Waals surface area contributed by atoms with E-state index in [1.54, 1.807) is 12.4 Å². The summed E-state index contributed by atoms with van der Waals surface area (Å²) in [7, 11) is 0. The van der Waals surface area contributed by atoms with Crippen LogP contribution in [-0.4, -0.2) is 15.1 Å². The highest BCUT2D eigenvalue weighted by Gasteiger charge is 2.12. The fraction of sp³-hybridized carbons (Fsp3) is 0.375. The third-order valence-corrected chi connectivity index (χ3v) is 2.44. The van der Waals surface area contributed by atoms with Crippen LogP contribution in [0.4, 0.5) is 0 Å². The van der Waals surface area contributed by atoms with E-state index in [4.69, 9.17) is 0 Å². The van der Waals surface area contributed by atoms with Crippen molar-refractivity contribution in [2.75, 3.05) is 0 Å². The van der Waals surface area contributed by atoms with Gasteiger partial charge in [0, 0.05) is 0 Å². The van der Waals surface area contributed by atoms with Crippen molar-refractivity contribution in [2.24, 2.45) is 0 Å². The molecule has 1 rings (SSSR count). The number of hydrogen-bond acceptors (Lipinski definition) is 2. The van der Waals surface area contributed by atoms with Crippen LogP contribution in [-0.2, 0) is 0 Å². The largest absolute Gasteiger partial charge is 0.387 e. The Bertz CT molecular complexity index is 259. The number of nitrogens with one attached hydrogen (secondary N) is 1. The van der Waals surface area contributed by atoms with Crippen LogP contribution in [0.5, 0.6) is 0 Å². The molecule has 0 saturated carbocycles. The van der Waals surface area contributed by atoms with Gasteiger partial charge in [-0.05, 0) is 35.4 Å². The molecule has 0 aromatic carbocycles. The summed E-state index contributed by atoms with van der Waals surface area (Å²) < 4.78 is 0.907. The van der Waals surface area contributed by atoms with Gasteiger partial charge in [-0.3, -0.25) is 0 Å². The summed E-state index contributed by atoms with van der Waals surface area (Å²) in [6.07, 6.45) is 4.41. The number of halogens is 1. The second kappa shape index (κ2) is 4.61. The summed E-state index contributed by atoms with van der Waals surface area (Å²) in [6.45, 7) is 3.60. The fourth-order valence-corrected chi connectivity index (χ4v) is 1.57. The summed E-state index contributed by atoms with van der Waals surface area (Å²) in [5.74, 6) is 0. The van der Waals surface area contributed by atoms with Crippen molar-refractivity contribution in [1.82, 2.24) is 9.97 Å². The molecule has 0 spiro atoms. The first-order valence-corrected chi connectivity index (χ1v) is 4.81. The van der Waals surface area contributed by atoms with Crippen molar-refractivity contribution < 1.29 is 5.11 Å². The van der Waals surface area contributed by atoms with Crippen molar-refractivity contribution >= 4 is 22.6 Å². The van der Waals surface area contributed by atoms with Gasteiger partial charge in [0.1, 0.15) is 9.39 Å². The van der Waals surface area contributed by atoms with Crippen LogP contribution < -0.4 is 0 Å². The zero-order valence-electron chi connectivity index (χ0n) is 6.63. The Hall–Kier alpha value is -0.360. The van der Waals surface area contributed by atoms with E-state index in [9.17, 15) is 5.11 Å². The maximum atomic E-state index is 9.59. The van der Waals surface area contributed by atoms with E-state index in [-0.39, 0.29) is 0 Å². The number of aromatic nitrogens is 2. The van der Waals surface area contributed by atoms with Crippen LogP contribution in [0.1, 0.15) is 24.6 Å². The molecule has 0 bridgehead atoms. The summed E-state index contributed by atoms with van der Waals surface area (Å²) in [4.78, 5) is 6.94. The molecule has 0 aliphatic rings. The number of rotatable bonds is 4. The minimum absolute atomic E-state index is 0.471. The molecular formula is C8H11IN2O. The van der Waals surface area contributed by atoms with Crippen molar-refractivity contribution in [3.8, 4) is 0 Å². The third kappa shape index (κ3) is 2.31. The number of hydrogen-bond donors (Lipinski definition) is 2. The number of aromatic amines is 1. The smallest absolute Gasteiger partial charge is 0.103 e. The molecule has 3 nitrogen and oxygen atoms in total. The highest BCUT2D eigenvalue weighted by molar-refractivity contribution is 14.1. The van der Waals surface area contributed by atoms with Crippen LogP contribution in [0.15, 0.2) is 19.0 Å². The number of allylic oxidation sites excluding steroid dienone is 1. The molecule has 1 heterocycles. The molecule has 1 atom stereocenters. The van der Waals surface area contributed by atoms with Crippen LogP contribution >= 0.6 is 22.6 Å². The van der Waals surface area contributed by atoms with Crippen molar-refractivity contribution in [1.29, 1.82) is 0 Å². The predicted molar refractivity (Wildman–Crippen MR) is 55.7 cm³/mol. The van der Waals surface area contributed by atoms with E-state index in [0.717, 1.165) is 15.8 Å². The first kappa shape index (κ1) is 9.73. The van der Waals surface area contributed by atoms with E-state index < -0.39 is 6.10 Å². The number of nitrogens with zero attached hydrogens (tertiary/aromatic N) is 1. The van der Waals surface area contributed by atoms with Crippen LogP contribution in [0, 0.1) is 3.70 Å². The van der Waals surface area contributed by atoms with E-state index in [2.05, 4.69) is 39.1 Å². The molecule has 0 radical (unpaired) electrons. The molecule has 66 valence electrons. The van der Waals surface area contributed by atoms with E-state index in [1.807, 2.05) is 0 Å². The van der Waals surface area contributed by atoms with E-state index in [0.29, 0.717) is 6.42 Å². The highest BCUT2D eigenvalue weighted by atomic mass is 127. The minimum atomic E-state index is -0.471. The molecule has 2 N–H and O–H groups in total. The lowest BCUT2D eigenvalue weighted by Gasteiger charge is -2.05. The number of H-pyrrole nitrogens is 1. The zero-order valence-corrected chi connectivity index (χ0v) is 8.78. The van der Waals surface area contributed by atoms with Gasteiger partial charge in [-0.15, -0.1) is 6.58 Å². The number of aliphatic hydroxyl groups is 1. The van der Waals surface area contributed by atoms with Gasteiger partial charge in [0.15, 0.2) is 0 Å². The predicted octanol–water partition coefficient (Wildman–Crippen LogP) is 2.01. The molecule has 0 amide bonds. The zero-order chi connectivity index (χ0) is 8.97. The van der Waals surface area contributed by atoms with Gasteiger partial charge in [0.05, 0.1) is 12.4 Å². The van der Waals surface area contributed by atoms with E-state index in [1.165, 1.54) is 0 Å². The lowest BCUT2D eigenvalue weighted by Crippen LogP contribution is -1.99. The van der Waals surface area contributed by atoms with Gasteiger partial charge in [-0.1, -0.05) is 6.08 Å². The fourth-order valence-electron chi connectivity index (χ4n) is 0.934. The lowest BCUT2D eigenvalue weighted by atomic mass is 10.1. The van der Waals surface area contributed by atoms with Crippen LogP contribution in [0.3, 0.4) is 0 Å². The topological polar surface area (TPSA) is 48.9 Å². The summed E-state index contributed by atoms with van der Waals surface area (Å²) in [5.41, 5.74) is 0.734. The molecule has 1 aromatic heterocycles. The average Bonchev–Trinajstić information content (AvgIpc) is 2.47. The van der Waals surface area contributed by atoms with Gasteiger partial charge < -0.3 is 10.1 Å². The Labute approximate surface area is 85.1 Å². The first-order chi connectivity index (χ1) is 5.75. The summed E-state index contributed by atoms with van der Waals surface area (Å²) >= 11 is 2.12. The molecule has 0 aliphatic heterocycles. The summed E-state index contributed by atoms with van der Waals surface area (Å²) in [6, 6.07) is 0. The average molecular weight is 278 g/mol. The van der Waals surface area contributed by atoms with E-state index >= 15 is 0 Å². The Morgan fingerprint density at radius 2 is 2.58 bits per heavy atom. The molecule has 12 heavy (non-hydrogen) atoms. The van der Waals surface area contributed by atoms with Gasteiger partial charge in [-0.25, -0.2) is 4.98 Å². The lowest BCUT2D eigenvalue weighted by molar-refractivity contribution is 0.163. The maximum absolute atomic E-state index is 9.59. The highest BCUT2D eigenvalue weighted by Crippen LogP contribution is 2.19. The second-order valence-corrected chi connectivity index (χ2v) is 3.56. The maximum Gasteiger partial charge on any atom is 0.103 e. The first-order valence-electron chi connectivity index (χ1n) is 3.73. The molecule has 0 aliphatic carbocycles. The third-order valence-electron chi connectivity index (χ3n) is 1.58. The SMILES string of the molecule is C=CCCC(O)c1nc[nH]c1I. The molecule has 1 unspecified atom stereocenters.